The van der Waals surface area contributed by atoms with Crippen LogP contribution in [0.3, 0.4) is 0 Å². The Kier molecular flexibility index (Phi) is 6.79. The molecule has 186 valence electrons. The number of piperidine rings is 1. The van der Waals surface area contributed by atoms with Crippen LogP contribution in [0.25, 0.3) is 11.0 Å². The number of nitrogens with one attached hydrogen (secondary N) is 1. The van der Waals surface area contributed by atoms with Gasteiger partial charge >= 0.3 is 0 Å². The summed E-state index contributed by atoms with van der Waals surface area (Å²) < 4.78 is 2.48. The van der Waals surface area contributed by atoms with Crippen LogP contribution in [0.4, 0.5) is 0 Å². The first kappa shape index (κ1) is 23.3. The van der Waals surface area contributed by atoms with Crippen molar-refractivity contribution in [2.24, 2.45) is 5.92 Å². The van der Waals surface area contributed by atoms with E-state index in [-0.39, 0.29) is 0 Å². The first-order valence-electron chi connectivity index (χ1n) is 13.5. The van der Waals surface area contributed by atoms with Crippen molar-refractivity contribution in [2.45, 2.75) is 64.7 Å². The van der Waals surface area contributed by atoms with Gasteiger partial charge in [0, 0.05) is 31.5 Å². The van der Waals surface area contributed by atoms with Crippen LogP contribution in [-0.2, 0) is 26.1 Å². The van der Waals surface area contributed by atoms with Gasteiger partial charge in [0.15, 0.2) is 0 Å². The van der Waals surface area contributed by atoms with Gasteiger partial charge in [-0.2, -0.15) is 0 Å². The molecule has 4 heterocycles. The molecule has 2 atom stereocenters. The maximum absolute atomic E-state index is 5.08. The average Bonchev–Trinajstić information content (AvgIpc) is 3.25. The molecule has 0 amide bonds. The molecular weight excluding hydrogens is 444 g/mol. The summed E-state index contributed by atoms with van der Waals surface area (Å²) in [4.78, 5) is 17.1. The lowest BCUT2D eigenvalue weighted by atomic mass is 9.91. The van der Waals surface area contributed by atoms with Gasteiger partial charge in [0.1, 0.15) is 5.82 Å². The third-order valence-corrected chi connectivity index (χ3v) is 7.82. The summed E-state index contributed by atoms with van der Waals surface area (Å²) in [5.74, 6) is 1.75. The van der Waals surface area contributed by atoms with Gasteiger partial charge in [0.05, 0.1) is 35.0 Å². The van der Waals surface area contributed by atoms with Gasteiger partial charge in [-0.25, -0.2) is 4.98 Å². The van der Waals surface area contributed by atoms with Gasteiger partial charge in [0.25, 0.3) is 0 Å². The standard InChI is InChI=1S/C30H36N6/c1-22-14-15-24-9-6-12-27(30(24)33-22)32-18-29-34-26-11-2-3-13-28(26)36(29)20-23-8-7-17-35(19-23)21-25-10-4-5-16-31-25/h2-5,10-11,13-16,23,27,32H,6-9,12,17-21H2,1H3/t23-,27?/m0/s1. The van der Waals surface area contributed by atoms with Gasteiger partial charge in [0.2, 0.25) is 0 Å². The molecule has 36 heavy (non-hydrogen) atoms. The highest BCUT2D eigenvalue weighted by atomic mass is 15.2. The van der Waals surface area contributed by atoms with E-state index in [1.54, 1.807) is 0 Å². The number of hydrogen-bond acceptors (Lipinski definition) is 5. The van der Waals surface area contributed by atoms with Crippen LogP contribution in [0.5, 0.6) is 0 Å². The Labute approximate surface area is 213 Å². The van der Waals surface area contributed by atoms with E-state index in [0.29, 0.717) is 12.0 Å². The predicted molar refractivity (Wildman–Crippen MR) is 143 cm³/mol. The van der Waals surface area contributed by atoms with Crippen LogP contribution in [0, 0.1) is 12.8 Å². The topological polar surface area (TPSA) is 58.9 Å². The number of aryl methyl sites for hydroxylation is 2. The van der Waals surface area contributed by atoms with Gasteiger partial charge in [-0.05, 0) is 87.4 Å². The first-order valence-corrected chi connectivity index (χ1v) is 13.5. The van der Waals surface area contributed by atoms with E-state index in [1.807, 2.05) is 12.3 Å². The largest absolute Gasteiger partial charge is 0.327 e. The van der Waals surface area contributed by atoms with Crippen LogP contribution < -0.4 is 5.32 Å². The van der Waals surface area contributed by atoms with Crippen LogP contribution >= 0.6 is 0 Å². The molecule has 1 fully saturated rings. The number of fused-ring (bicyclic) bond motifs is 2. The zero-order chi connectivity index (χ0) is 24.3. The lowest BCUT2D eigenvalue weighted by molar-refractivity contribution is 0.154. The molecule has 6 rings (SSSR count). The maximum Gasteiger partial charge on any atom is 0.123 e. The number of imidazole rings is 1. The summed E-state index contributed by atoms with van der Waals surface area (Å²) in [7, 11) is 0. The molecule has 6 nitrogen and oxygen atoms in total. The lowest BCUT2D eigenvalue weighted by Gasteiger charge is -2.33. The zero-order valence-electron chi connectivity index (χ0n) is 21.2. The van der Waals surface area contributed by atoms with Gasteiger partial charge in [-0.3, -0.25) is 14.9 Å². The normalized spacial score (nSPS) is 20.5. The second kappa shape index (κ2) is 10.5. The van der Waals surface area contributed by atoms with Gasteiger partial charge < -0.3 is 9.88 Å². The van der Waals surface area contributed by atoms with E-state index in [0.717, 1.165) is 68.3 Å². The van der Waals surface area contributed by atoms with E-state index >= 15 is 0 Å². The fourth-order valence-corrected chi connectivity index (χ4v) is 6.05. The summed E-state index contributed by atoms with van der Waals surface area (Å²) in [6, 6.07) is 19.5. The molecule has 1 aliphatic heterocycles. The number of rotatable bonds is 7. The second-order valence-electron chi connectivity index (χ2n) is 10.5. The second-order valence-corrected chi connectivity index (χ2v) is 10.5. The van der Waals surface area contributed by atoms with E-state index in [4.69, 9.17) is 9.97 Å². The SMILES string of the molecule is Cc1ccc2c(n1)C(NCc1nc3ccccc3n1C[C@H]1CCCN(Cc3ccccn3)C1)CCC2. The van der Waals surface area contributed by atoms with Crippen molar-refractivity contribution in [3.05, 3.63) is 89.3 Å². The highest BCUT2D eigenvalue weighted by Crippen LogP contribution is 2.29. The Balaban J connectivity index is 1.20. The fraction of sp³-hybridized carbons (Fsp3) is 0.433. The number of benzene rings is 1. The summed E-state index contributed by atoms with van der Waals surface area (Å²) in [5, 5.41) is 3.84. The zero-order valence-corrected chi connectivity index (χ0v) is 21.2. The highest BCUT2D eigenvalue weighted by Gasteiger charge is 2.25. The van der Waals surface area contributed by atoms with Gasteiger partial charge in [-0.1, -0.05) is 24.3 Å². The molecule has 0 saturated carbocycles. The molecule has 0 radical (unpaired) electrons. The molecule has 1 aromatic carbocycles. The molecule has 6 heteroatoms. The van der Waals surface area contributed by atoms with E-state index in [9.17, 15) is 0 Å². The summed E-state index contributed by atoms with van der Waals surface area (Å²) in [6.07, 6.45) is 7.87. The van der Waals surface area contributed by atoms with Crippen molar-refractivity contribution < 1.29 is 0 Å². The smallest absolute Gasteiger partial charge is 0.123 e. The number of aromatic nitrogens is 4. The van der Waals surface area contributed by atoms with Crippen molar-refractivity contribution in [2.75, 3.05) is 13.1 Å². The molecule has 3 aromatic heterocycles. The minimum atomic E-state index is 0.297. The molecule has 1 N–H and O–H groups in total. The average molecular weight is 481 g/mol. The quantitative estimate of drug-likeness (QED) is 0.393. The van der Waals surface area contributed by atoms with Crippen molar-refractivity contribution in [3.8, 4) is 0 Å². The Hall–Kier alpha value is -3.09. The van der Waals surface area contributed by atoms with Crippen LogP contribution in [0.2, 0.25) is 0 Å². The number of hydrogen-bond donors (Lipinski definition) is 1. The molecule has 4 aromatic rings. The van der Waals surface area contributed by atoms with E-state index < -0.39 is 0 Å². The minimum Gasteiger partial charge on any atom is -0.327 e. The molecular formula is C30H36N6. The molecule has 1 saturated heterocycles. The Bertz CT molecular complexity index is 1310. The molecule has 1 aliphatic carbocycles. The Morgan fingerprint density at radius 3 is 2.81 bits per heavy atom. The molecule has 0 bridgehead atoms. The Morgan fingerprint density at radius 1 is 0.972 bits per heavy atom. The minimum absolute atomic E-state index is 0.297. The van der Waals surface area contributed by atoms with Crippen molar-refractivity contribution in [1.29, 1.82) is 0 Å². The number of pyridine rings is 2. The monoisotopic (exact) mass is 480 g/mol. The number of likely N-dealkylation sites (tertiary alicyclic amines) is 1. The van der Waals surface area contributed by atoms with Crippen LogP contribution in [-0.4, -0.2) is 37.5 Å². The molecule has 2 aliphatic rings. The molecule has 0 spiro atoms. The fourth-order valence-electron chi connectivity index (χ4n) is 6.05. The number of para-hydroxylation sites is 2. The van der Waals surface area contributed by atoms with Crippen molar-refractivity contribution >= 4 is 11.0 Å². The maximum atomic E-state index is 5.08. The van der Waals surface area contributed by atoms with Crippen molar-refractivity contribution in [3.63, 3.8) is 0 Å². The van der Waals surface area contributed by atoms with E-state index in [2.05, 4.69) is 75.2 Å². The van der Waals surface area contributed by atoms with Gasteiger partial charge in [-0.15, -0.1) is 0 Å². The predicted octanol–water partition coefficient (Wildman–Crippen LogP) is 5.21. The van der Waals surface area contributed by atoms with Crippen LogP contribution in [0.15, 0.2) is 60.8 Å². The summed E-state index contributed by atoms with van der Waals surface area (Å²) in [5.41, 5.74) is 7.23. The summed E-state index contributed by atoms with van der Waals surface area (Å²) in [6.45, 7) is 7.05. The first-order chi connectivity index (χ1) is 17.7. The molecule has 1 unspecified atom stereocenters. The van der Waals surface area contributed by atoms with Crippen molar-refractivity contribution in [1.82, 2.24) is 29.7 Å². The highest BCUT2D eigenvalue weighted by molar-refractivity contribution is 5.75. The third kappa shape index (κ3) is 5.06. The van der Waals surface area contributed by atoms with Crippen LogP contribution in [0.1, 0.15) is 60.2 Å². The Morgan fingerprint density at radius 2 is 1.89 bits per heavy atom. The number of nitrogens with zero attached hydrogens (tertiary/aromatic N) is 5. The lowest BCUT2D eigenvalue weighted by Crippen LogP contribution is -2.37. The van der Waals surface area contributed by atoms with E-state index in [1.165, 1.54) is 36.0 Å². The summed E-state index contributed by atoms with van der Waals surface area (Å²) >= 11 is 0. The third-order valence-electron chi connectivity index (χ3n) is 7.82.